The van der Waals surface area contributed by atoms with Gasteiger partial charge in [0.2, 0.25) is 0 Å². The molecule has 0 spiro atoms. The Kier molecular flexibility index (Phi) is 7.49. The second kappa shape index (κ2) is 8.34. The van der Waals surface area contributed by atoms with Crippen LogP contribution in [0.2, 0.25) is 0 Å². The first-order valence-electron chi connectivity index (χ1n) is 5.92. The van der Waals surface area contributed by atoms with Gasteiger partial charge < -0.3 is 0 Å². The summed E-state index contributed by atoms with van der Waals surface area (Å²) in [6.07, 6.45) is 3.85. The summed E-state index contributed by atoms with van der Waals surface area (Å²) in [6, 6.07) is 8.41. The number of benzene rings is 1. The molecule has 0 amide bonds. The number of hydrogen-bond donors (Lipinski definition) is 0. The molecule has 2 rings (SSSR count). The standard InChI is InChI=1S/C13H17FN.BrH.Zn/c1-11-5-2-3-8-15(11)10-12-6-4-7-13(14)9-12;;/h4,7,9,11H,2-3,5,8,10H2,1H3;1H;/q-1;;+2/p-1. The summed E-state index contributed by atoms with van der Waals surface area (Å²) < 4.78 is 13.0. The first-order chi connectivity index (χ1) is 8.25. The van der Waals surface area contributed by atoms with E-state index in [-0.39, 0.29) is 5.82 Å². The predicted molar refractivity (Wildman–Crippen MR) is 67.9 cm³/mol. The Morgan fingerprint density at radius 3 is 2.94 bits per heavy atom. The van der Waals surface area contributed by atoms with Crippen molar-refractivity contribution in [2.45, 2.75) is 38.8 Å². The van der Waals surface area contributed by atoms with Crippen molar-refractivity contribution in [1.29, 1.82) is 0 Å². The van der Waals surface area contributed by atoms with Crippen LogP contribution < -0.4 is 0 Å². The zero-order valence-corrected chi connectivity index (χ0v) is 14.8. The van der Waals surface area contributed by atoms with Crippen LogP contribution in [-0.4, -0.2) is 17.5 Å². The van der Waals surface area contributed by atoms with E-state index in [1.54, 1.807) is 12.1 Å². The second-order valence-electron chi connectivity index (χ2n) is 4.35. The van der Waals surface area contributed by atoms with Gasteiger partial charge in [0.05, 0.1) is 0 Å². The molecule has 1 unspecified atom stereocenters. The fourth-order valence-electron chi connectivity index (χ4n) is 2.19. The predicted octanol–water partition coefficient (Wildman–Crippen LogP) is 3.84. The fourth-order valence-corrected chi connectivity index (χ4v) is 2.19. The van der Waals surface area contributed by atoms with E-state index in [1.165, 1.54) is 41.7 Å². The zero-order chi connectivity index (χ0) is 12.7. The SMILES string of the molecule is CC1CCCCN1Cc1[c-]ccc(F)c1.[Zn+][Br]. The van der Waals surface area contributed by atoms with Gasteiger partial charge in [-0.3, -0.25) is 4.90 Å². The van der Waals surface area contributed by atoms with Gasteiger partial charge in [0.1, 0.15) is 0 Å². The summed E-state index contributed by atoms with van der Waals surface area (Å²) in [5, 5.41) is 0. The maximum absolute atomic E-state index is 13.0. The van der Waals surface area contributed by atoms with Crippen molar-refractivity contribution in [3.05, 3.63) is 35.6 Å². The molecule has 1 fully saturated rings. The molecule has 1 heterocycles. The van der Waals surface area contributed by atoms with E-state index in [0.29, 0.717) is 6.04 Å². The third-order valence-corrected chi connectivity index (χ3v) is 3.14. The first kappa shape index (κ1) is 15.3. The van der Waals surface area contributed by atoms with Gasteiger partial charge in [0, 0.05) is 18.4 Å². The monoisotopic (exact) mass is 349 g/mol. The van der Waals surface area contributed by atoms with Crippen molar-refractivity contribution < 1.29 is 20.7 Å². The first-order valence-corrected chi connectivity index (χ1v) is 12.9. The minimum absolute atomic E-state index is 0.159. The minimum atomic E-state index is -0.159. The number of piperidine rings is 1. The van der Waals surface area contributed by atoms with Gasteiger partial charge in [0.25, 0.3) is 0 Å². The van der Waals surface area contributed by atoms with Crippen molar-refractivity contribution in [2.24, 2.45) is 0 Å². The van der Waals surface area contributed by atoms with Crippen molar-refractivity contribution in [1.82, 2.24) is 4.90 Å². The molecular formula is C13H17BrFNZn. The molecule has 17 heavy (non-hydrogen) atoms. The van der Waals surface area contributed by atoms with E-state index in [9.17, 15) is 4.39 Å². The van der Waals surface area contributed by atoms with Gasteiger partial charge in [-0.15, -0.1) is 17.7 Å². The van der Waals surface area contributed by atoms with Crippen LogP contribution in [0.15, 0.2) is 18.2 Å². The summed E-state index contributed by atoms with van der Waals surface area (Å²) in [4.78, 5) is 2.41. The van der Waals surface area contributed by atoms with E-state index < -0.39 is 0 Å². The second-order valence-corrected chi connectivity index (χ2v) is 4.35. The van der Waals surface area contributed by atoms with Crippen LogP contribution in [0.5, 0.6) is 0 Å². The van der Waals surface area contributed by atoms with E-state index in [0.717, 1.165) is 18.7 Å². The number of nitrogens with zero attached hydrogens (tertiary/aromatic N) is 1. The Labute approximate surface area is 120 Å². The van der Waals surface area contributed by atoms with E-state index in [1.807, 2.05) is 0 Å². The van der Waals surface area contributed by atoms with Crippen LogP contribution in [0.25, 0.3) is 0 Å². The average molecular weight is 352 g/mol. The van der Waals surface area contributed by atoms with Gasteiger partial charge in [-0.1, -0.05) is 6.42 Å². The van der Waals surface area contributed by atoms with Crippen LogP contribution >= 0.6 is 13.6 Å². The molecule has 1 aliphatic rings. The van der Waals surface area contributed by atoms with Crippen molar-refractivity contribution in [3.8, 4) is 0 Å². The van der Waals surface area contributed by atoms with Crippen LogP contribution in [0.1, 0.15) is 31.7 Å². The Bertz CT molecular complexity index is 335. The molecule has 1 atom stereocenters. The summed E-state index contributed by atoms with van der Waals surface area (Å²) >= 11 is 4.25. The third-order valence-electron chi connectivity index (χ3n) is 3.14. The Morgan fingerprint density at radius 2 is 2.29 bits per heavy atom. The van der Waals surface area contributed by atoms with E-state index in [2.05, 4.69) is 31.5 Å². The average Bonchev–Trinajstić information content (AvgIpc) is 2.35. The molecule has 1 nitrogen and oxygen atoms in total. The molecular weight excluding hydrogens is 334 g/mol. The number of halogens is 2. The van der Waals surface area contributed by atoms with E-state index >= 15 is 0 Å². The van der Waals surface area contributed by atoms with Gasteiger partial charge >= 0.3 is 30.0 Å². The van der Waals surface area contributed by atoms with Crippen molar-refractivity contribution in [2.75, 3.05) is 6.54 Å². The number of hydrogen-bond acceptors (Lipinski definition) is 1. The van der Waals surface area contributed by atoms with Gasteiger partial charge in [0.15, 0.2) is 0 Å². The van der Waals surface area contributed by atoms with Crippen molar-refractivity contribution >= 4 is 13.6 Å². The zero-order valence-electron chi connectivity index (χ0n) is 10.3. The molecule has 0 bridgehead atoms. The molecule has 1 saturated heterocycles. The molecule has 0 radical (unpaired) electrons. The normalized spacial score (nSPS) is 20.6. The molecule has 1 aromatic rings. The fraction of sp³-hybridized carbons (Fsp3) is 0.538. The molecule has 1 aliphatic heterocycles. The maximum atomic E-state index is 13.0. The molecule has 0 saturated carbocycles. The molecule has 90 valence electrons. The quantitative estimate of drug-likeness (QED) is 0.578. The summed E-state index contributed by atoms with van der Waals surface area (Å²) in [6.45, 7) is 4.21. The topological polar surface area (TPSA) is 3.24 Å². The summed E-state index contributed by atoms with van der Waals surface area (Å²) in [7, 11) is 0. The number of likely N-dealkylation sites (tertiary alicyclic amines) is 1. The summed E-state index contributed by atoms with van der Waals surface area (Å²) in [5.41, 5.74) is 0.962. The van der Waals surface area contributed by atoms with Crippen LogP contribution in [0, 0.1) is 11.9 Å². The molecule has 0 N–H and O–H groups in total. The van der Waals surface area contributed by atoms with Gasteiger partial charge in [-0.2, -0.15) is 12.1 Å². The third kappa shape index (κ3) is 5.15. The molecule has 4 heteroatoms. The summed E-state index contributed by atoms with van der Waals surface area (Å²) in [5.74, 6) is -0.159. The molecule has 1 aromatic carbocycles. The molecule has 0 aromatic heterocycles. The Hall–Kier alpha value is 0.213. The van der Waals surface area contributed by atoms with Crippen LogP contribution in [-0.2, 0) is 22.9 Å². The van der Waals surface area contributed by atoms with Gasteiger partial charge in [-0.05, 0) is 26.3 Å². The van der Waals surface area contributed by atoms with Gasteiger partial charge in [-0.25, -0.2) is 4.39 Å². The van der Waals surface area contributed by atoms with Crippen LogP contribution in [0.3, 0.4) is 0 Å². The van der Waals surface area contributed by atoms with Crippen LogP contribution in [0.4, 0.5) is 4.39 Å². The Balaban J connectivity index is 0.000000686. The number of rotatable bonds is 2. The molecule has 0 aliphatic carbocycles. The Morgan fingerprint density at radius 1 is 1.53 bits per heavy atom. The van der Waals surface area contributed by atoms with Crippen molar-refractivity contribution in [3.63, 3.8) is 0 Å². The van der Waals surface area contributed by atoms with E-state index in [4.69, 9.17) is 0 Å².